The van der Waals surface area contributed by atoms with E-state index < -0.39 is 0 Å². The molecule has 4 aromatic rings. The number of hydrogen-bond acceptors (Lipinski definition) is 4. The van der Waals surface area contributed by atoms with Gasteiger partial charge >= 0.3 is 0 Å². The van der Waals surface area contributed by atoms with Crippen molar-refractivity contribution in [3.63, 3.8) is 0 Å². The minimum absolute atomic E-state index is 0.00523. The van der Waals surface area contributed by atoms with Crippen molar-refractivity contribution < 1.29 is 0 Å². The molecule has 1 fully saturated rings. The van der Waals surface area contributed by atoms with Crippen molar-refractivity contribution >= 4 is 22.1 Å². The Bertz CT molecular complexity index is 1290. The van der Waals surface area contributed by atoms with Gasteiger partial charge in [-0.2, -0.15) is 5.10 Å². The Kier molecular flexibility index (Phi) is 4.73. The molecule has 2 aromatic heterocycles. The van der Waals surface area contributed by atoms with Crippen molar-refractivity contribution in [2.24, 2.45) is 0 Å². The smallest absolute Gasteiger partial charge is 0.274 e. The summed E-state index contributed by atoms with van der Waals surface area (Å²) in [6.07, 6.45) is 5.92. The average Bonchev–Trinajstić information content (AvgIpc) is 3.52. The van der Waals surface area contributed by atoms with Crippen LogP contribution in [0.2, 0.25) is 0 Å². The second kappa shape index (κ2) is 7.74. The summed E-state index contributed by atoms with van der Waals surface area (Å²) < 4.78 is 1.72. The van der Waals surface area contributed by atoms with Gasteiger partial charge in [0.2, 0.25) is 0 Å². The van der Waals surface area contributed by atoms with Crippen molar-refractivity contribution in [1.29, 1.82) is 0 Å². The molecule has 0 saturated heterocycles. The van der Waals surface area contributed by atoms with E-state index in [0.29, 0.717) is 18.8 Å². The van der Waals surface area contributed by atoms with Crippen LogP contribution in [-0.4, -0.2) is 20.7 Å². The number of fused-ring (bicyclic) bond motifs is 2. The third-order valence-electron chi connectivity index (χ3n) is 6.67. The van der Waals surface area contributed by atoms with Gasteiger partial charge in [0.1, 0.15) is 5.69 Å². The monoisotopic (exact) mass is 427 g/mol. The second-order valence-electron chi connectivity index (χ2n) is 8.67. The maximum atomic E-state index is 13.4. The third kappa shape index (κ3) is 3.42. The molecule has 1 atom stereocenters. The number of rotatable bonds is 5. The van der Waals surface area contributed by atoms with Crippen LogP contribution in [-0.2, 0) is 13.1 Å². The summed E-state index contributed by atoms with van der Waals surface area (Å²) in [4.78, 5) is 17.1. The first kappa shape index (κ1) is 19.0. The molecule has 2 aliphatic rings. The Balaban J connectivity index is 1.45. The van der Waals surface area contributed by atoms with E-state index in [1.807, 2.05) is 30.3 Å². The summed E-state index contributed by atoms with van der Waals surface area (Å²) in [5, 5.41) is 8.67. The van der Waals surface area contributed by atoms with Gasteiger partial charge in [0.05, 0.1) is 16.9 Å². The highest BCUT2D eigenvalue weighted by atomic mass is 32.1. The zero-order valence-corrected chi connectivity index (χ0v) is 18.2. The molecule has 0 bridgehead atoms. The normalized spacial score (nSPS) is 18.4. The number of nitrogens with zero attached hydrogens (tertiary/aromatic N) is 3. The van der Waals surface area contributed by atoms with Gasteiger partial charge in [-0.1, -0.05) is 48.5 Å². The fourth-order valence-electron chi connectivity index (χ4n) is 5.03. The van der Waals surface area contributed by atoms with Crippen LogP contribution in [0, 0.1) is 0 Å². The van der Waals surface area contributed by atoms with Crippen LogP contribution in [0.5, 0.6) is 0 Å². The molecular formula is C26H25N3OS. The van der Waals surface area contributed by atoms with E-state index in [1.54, 1.807) is 16.0 Å². The molecule has 0 unspecified atom stereocenters. The van der Waals surface area contributed by atoms with E-state index >= 15 is 0 Å². The van der Waals surface area contributed by atoms with Crippen LogP contribution < -0.4 is 5.56 Å². The van der Waals surface area contributed by atoms with Gasteiger partial charge in [-0.25, -0.2) is 4.68 Å². The van der Waals surface area contributed by atoms with Gasteiger partial charge in [0, 0.05) is 17.5 Å². The van der Waals surface area contributed by atoms with Gasteiger partial charge in [-0.05, 0) is 60.7 Å². The topological polar surface area (TPSA) is 38.1 Å². The van der Waals surface area contributed by atoms with E-state index in [4.69, 9.17) is 5.10 Å². The summed E-state index contributed by atoms with van der Waals surface area (Å²) in [5.41, 5.74) is 3.81. The Labute approximate surface area is 185 Å². The van der Waals surface area contributed by atoms with E-state index in [9.17, 15) is 4.79 Å². The zero-order chi connectivity index (χ0) is 20.8. The highest BCUT2D eigenvalue weighted by Gasteiger charge is 2.37. The lowest BCUT2D eigenvalue weighted by Crippen LogP contribution is -2.39. The Morgan fingerprint density at radius 3 is 2.58 bits per heavy atom. The van der Waals surface area contributed by atoms with Crippen LogP contribution >= 0.6 is 11.3 Å². The highest BCUT2D eigenvalue weighted by molar-refractivity contribution is 7.13. The predicted octanol–water partition coefficient (Wildman–Crippen LogP) is 5.62. The molecule has 4 nitrogen and oxygen atoms in total. The third-order valence-corrected chi connectivity index (χ3v) is 7.55. The molecule has 31 heavy (non-hydrogen) atoms. The SMILES string of the molecule is O=c1c2ccccc2c(-c2cccs2)nn1CN(C1CC1)[C@H]1CCCc2ccccc21. The second-order valence-corrected chi connectivity index (χ2v) is 9.62. The number of hydrogen-bond donors (Lipinski definition) is 0. The molecule has 0 N–H and O–H groups in total. The molecule has 0 amide bonds. The summed E-state index contributed by atoms with van der Waals surface area (Å²) in [6.45, 7) is 0.547. The first-order valence-electron chi connectivity index (χ1n) is 11.2. The minimum atomic E-state index is 0.00523. The van der Waals surface area contributed by atoms with Crippen LogP contribution in [0.4, 0.5) is 0 Å². The van der Waals surface area contributed by atoms with Crippen molar-refractivity contribution in [3.8, 4) is 10.6 Å². The van der Waals surface area contributed by atoms with Crippen molar-refractivity contribution in [3.05, 3.63) is 87.5 Å². The van der Waals surface area contributed by atoms with E-state index in [2.05, 4.69) is 40.6 Å². The number of aryl methyl sites for hydroxylation is 1. The fourth-order valence-corrected chi connectivity index (χ4v) is 5.75. The van der Waals surface area contributed by atoms with Gasteiger partial charge in [0.15, 0.2) is 0 Å². The lowest BCUT2D eigenvalue weighted by atomic mass is 9.87. The molecule has 0 radical (unpaired) electrons. The van der Waals surface area contributed by atoms with Gasteiger partial charge in [-0.3, -0.25) is 9.69 Å². The maximum absolute atomic E-state index is 13.4. The highest BCUT2D eigenvalue weighted by Crippen LogP contribution is 2.41. The van der Waals surface area contributed by atoms with Crippen molar-refractivity contribution in [1.82, 2.24) is 14.7 Å². The number of benzene rings is 2. The summed E-state index contributed by atoms with van der Waals surface area (Å²) >= 11 is 1.67. The molecular weight excluding hydrogens is 402 g/mol. The van der Waals surface area contributed by atoms with E-state index in [1.165, 1.54) is 30.4 Å². The summed E-state index contributed by atoms with van der Waals surface area (Å²) in [7, 11) is 0. The molecule has 0 aliphatic heterocycles. The average molecular weight is 428 g/mol. The van der Waals surface area contributed by atoms with Crippen LogP contribution in [0.25, 0.3) is 21.3 Å². The molecule has 2 aliphatic carbocycles. The molecule has 156 valence electrons. The molecule has 5 heteroatoms. The molecule has 2 heterocycles. The fraction of sp³-hybridized carbons (Fsp3) is 0.308. The van der Waals surface area contributed by atoms with Crippen LogP contribution in [0.1, 0.15) is 42.9 Å². The molecule has 6 rings (SSSR count). The van der Waals surface area contributed by atoms with E-state index in [-0.39, 0.29) is 5.56 Å². The summed E-state index contributed by atoms with van der Waals surface area (Å²) in [6, 6.07) is 21.8. The quantitative estimate of drug-likeness (QED) is 0.415. The lowest BCUT2D eigenvalue weighted by Gasteiger charge is -2.36. The van der Waals surface area contributed by atoms with Gasteiger partial charge in [0.25, 0.3) is 5.56 Å². The first-order valence-corrected chi connectivity index (χ1v) is 12.0. The Morgan fingerprint density at radius 2 is 1.77 bits per heavy atom. The number of thiophene rings is 1. The minimum Gasteiger partial charge on any atom is -0.274 e. The molecule has 2 aromatic carbocycles. The Hall–Kier alpha value is -2.76. The standard InChI is InChI=1S/C26H25N3OS/c30-26-22-11-4-3-10-21(22)25(24-13-6-16-31-24)27-29(26)17-28(19-14-15-19)23-12-5-8-18-7-1-2-9-20(18)23/h1-4,6-7,9-11,13,16,19,23H,5,8,12,14-15,17H2/t23-/m0/s1. The van der Waals surface area contributed by atoms with Crippen molar-refractivity contribution in [2.75, 3.05) is 0 Å². The van der Waals surface area contributed by atoms with Gasteiger partial charge < -0.3 is 0 Å². The van der Waals surface area contributed by atoms with Crippen LogP contribution in [0.15, 0.2) is 70.8 Å². The molecule has 1 saturated carbocycles. The van der Waals surface area contributed by atoms with Gasteiger partial charge in [-0.15, -0.1) is 11.3 Å². The summed E-state index contributed by atoms with van der Waals surface area (Å²) in [5.74, 6) is 0. The van der Waals surface area contributed by atoms with Crippen molar-refractivity contribution in [2.45, 2.75) is 50.9 Å². The van der Waals surface area contributed by atoms with E-state index in [0.717, 1.165) is 34.2 Å². The van der Waals surface area contributed by atoms with Crippen LogP contribution in [0.3, 0.4) is 0 Å². The first-order chi connectivity index (χ1) is 15.3. The number of aromatic nitrogens is 2. The largest absolute Gasteiger partial charge is 0.275 e. The lowest BCUT2D eigenvalue weighted by molar-refractivity contribution is 0.117. The zero-order valence-electron chi connectivity index (χ0n) is 17.4. The Morgan fingerprint density at radius 1 is 0.968 bits per heavy atom. The predicted molar refractivity (Wildman–Crippen MR) is 126 cm³/mol. The molecule has 0 spiro atoms. The maximum Gasteiger partial charge on any atom is 0.275 e.